The van der Waals surface area contributed by atoms with Gasteiger partial charge in [0, 0.05) is 29.3 Å². The first-order valence-electron chi connectivity index (χ1n) is 8.31. The van der Waals surface area contributed by atoms with Gasteiger partial charge in [-0.1, -0.05) is 27.2 Å². The quantitative estimate of drug-likeness (QED) is 0.878. The summed E-state index contributed by atoms with van der Waals surface area (Å²) in [5.74, 6) is 1.52. The molecule has 1 aromatic carbocycles. The highest BCUT2D eigenvalue weighted by molar-refractivity contribution is 8.01. The van der Waals surface area contributed by atoms with Crippen molar-refractivity contribution in [3.63, 3.8) is 0 Å². The summed E-state index contributed by atoms with van der Waals surface area (Å²) in [5.41, 5.74) is 0.764. The molecule has 1 saturated carbocycles. The topological polar surface area (TPSA) is 47.6 Å². The summed E-state index contributed by atoms with van der Waals surface area (Å²) >= 11 is 1.64. The smallest absolute Gasteiger partial charge is 0.251 e. The summed E-state index contributed by atoms with van der Waals surface area (Å²) in [6.45, 7) is 6.32. The Morgan fingerprint density at radius 1 is 1.17 bits per heavy atom. The monoisotopic (exact) mass is 335 g/mol. The van der Waals surface area contributed by atoms with E-state index in [9.17, 15) is 4.79 Å². The fraction of sp³-hybridized carbons (Fsp3) is 0.611. The maximum atomic E-state index is 12.1. The maximum Gasteiger partial charge on any atom is 0.251 e. The standard InChI is InChI=1S/C18H25NO3S/c1-17(2,3)23-12-16(20)19-13-7-8-14-15(11-13)22-18(21-14)9-5-4-6-10-18/h7-8,11H,4-6,9-10,12H2,1-3H3,(H,19,20). The van der Waals surface area contributed by atoms with Gasteiger partial charge in [-0.2, -0.15) is 0 Å². The summed E-state index contributed by atoms with van der Waals surface area (Å²) in [6, 6.07) is 5.65. The van der Waals surface area contributed by atoms with E-state index in [0.29, 0.717) is 5.75 Å². The number of carbonyl (C=O) groups is 1. The fourth-order valence-corrected chi connectivity index (χ4v) is 3.58. The predicted octanol–water partition coefficient (Wildman–Crippen LogP) is 4.59. The van der Waals surface area contributed by atoms with E-state index in [-0.39, 0.29) is 10.7 Å². The second kappa shape index (κ2) is 6.27. The Labute approximate surface area is 142 Å². The molecule has 3 rings (SSSR count). The Bertz CT molecular complexity index is 588. The predicted molar refractivity (Wildman–Crippen MR) is 94.4 cm³/mol. The minimum absolute atomic E-state index is 0.0103. The number of ether oxygens (including phenoxy) is 2. The molecule has 126 valence electrons. The maximum absolute atomic E-state index is 12.1. The molecule has 2 aliphatic rings. The van der Waals surface area contributed by atoms with Crippen molar-refractivity contribution in [1.82, 2.24) is 0 Å². The average molecular weight is 335 g/mol. The highest BCUT2D eigenvalue weighted by Crippen LogP contribution is 2.46. The number of rotatable bonds is 3. The molecule has 1 aliphatic heterocycles. The third-order valence-electron chi connectivity index (χ3n) is 4.07. The zero-order valence-electron chi connectivity index (χ0n) is 14.1. The number of hydrogen-bond acceptors (Lipinski definition) is 4. The minimum atomic E-state index is -0.467. The summed E-state index contributed by atoms with van der Waals surface area (Å²) in [5, 5.41) is 2.94. The third-order valence-corrected chi connectivity index (χ3v) is 5.34. The lowest BCUT2D eigenvalue weighted by atomic mass is 9.94. The highest BCUT2D eigenvalue weighted by atomic mass is 32.2. The van der Waals surface area contributed by atoms with Crippen LogP contribution in [0.4, 0.5) is 5.69 Å². The number of anilines is 1. The Balaban J connectivity index is 1.62. The van der Waals surface area contributed by atoms with Gasteiger partial charge in [0.05, 0.1) is 5.75 Å². The fourth-order valence-electron chi connectivity index (χ4n) is 2.95. The number of nitrogens with one attached hydrogen (secondary N) is 1. The molecule has 1 aromatic rings. The number of fused-ring (bicyclic) bond motifs is 1. The second-order valence-corrected chi connectivity index (χ2v) is 9.09. The van der Waals surface area contributed by atoms with Gasteiger partial charge in [-0.05, 0) is 25.0 Å². The molecule has 0 aromatic heterocycles. The molecule has 0 saturated heterocycles. The Kier molecular flexibility index (Phi) is 4.50. The van der Waals surface area contributed by atoms with Crippen molar-refractivity contribution >= 4 is 23.4 Å². The molecular formula is C18H25NO3S. The van der Waals surface area contributed by atoms with Gasteiger partial charge in [0.1, 0.15) is 0 Å². The van der Waals surface area contributed by atoms with Crippen LogP contribution in [0.2, 0.25) is 0 Å². The molecule has 4 nitrogen and oxygen atoms in total. The van der Waals surface area contributed by atoms with Crippen molar-refractivity contribution in [2.75, 3.05) is 11.1 Å². The van der Waals surface area contributed by atoms with E-state index in [2.05, 4.69) is 26.1 Å². The van der Waals surface area contributed by atoms with Crippen LogP contribution in [-0.2, 0) is 4.79 Å². The van der Waals surface area contributed by atoms with E-state index in [1.807, 2.05) is 18.2 Å². The van der Waals surface area contributed by atoms with E-state index < -0.39 is 5.79 Å². The first kappa shape index (κ1) is 16.5. The zero-order chi connectivity index (χ0) is 16.5. The molecule has 23 heavy (non-hydrogen) atoms. The molecule has 0 unspecified atom stereocenters. The van der Waals surface area contributed by atoms with Gasteiger partial charge in [-0.15, -0.1) is 11.8 Å². The molecule has 1 spiro atoms. The van der Waals surface area contributed by atoms with Crippen LogP contribution in [0.25, 0.3) is 0 Å². The van der Waals surface area contributed by atoms with E-state index >= 15 is 0 Å². The molecular weight excluding hydrogens is 310 g/mol. The van der Waals surface area contributed by atoms with Crippen LogP contribution < -0.4 is 14.8 Å². The van der Waals surface area contributed by atoms with Crippen LogP contribution in [0.15, 0.2) is 18.2 Å². The SMILES string of the molecule is CC(C)(C)SCC(=O)Nc1ccc2c(c1)OC1(CCCCC1)O2. The summed E-state index contributed by atoms with van der Waals surface area (Å²) in [4.78, 5) is 12.1. The molecule has 1 fully saturated rings. The third kappa shape index (κ3) is 4.14. The van der Waals surface area contributed by atoms with Crippen molar-refractivity contribution in [3.8, 4) is 11.5 Å². The van der Waals surface area contributed by atoms with Crippen molar-refractivity contribution in [2.24, 2.45) is 0 Å². The van der Waals surface area contributed by atoms with Crippen LogP contribution in [0, 0.1) is 0 Å². The molecule has 5 heteroatoms. The highest BCUT2D eigenvalue weighted by Gasteiger charge is 2.42. The van der Waals surface area contributed by atoms with Crippen LogP contribution in [0.3, 0.4) is 0 Å². The molecule has 0 radical (unpaired) electrons. The number of benzene rings is 1. The number of hydrogen-bond donors (Lipinski definition) is 1. The van der Waals surface area contributed by atoms with Crippen LogP contribution in [-0.4, -0.2) is 22.2 Å². The molecule has 0 bridgehead atoms. The Hall–Kier alpha value is -1.36. The van der Waals surface area contributed by atoms with Gasteiger partial charge < -0.3 is 14.8 Å². The normalized spacial score (nSPS) is 18.9. The van der Waals surface area contributed by atoms with Crippen molar-refractivity contribution in [3.05, 3.63) is 18.2 Å². The zero-order valence-corrected chi connectivity index (χ0v) is 14.9. The van der Waals surface area contributed by atoms with E-state index in [1.165, 1.54) is 6.42 Å². The Morgan fingerprint density at radius 2 is 1.87 bits per heavy atom. The molecule has 1 heterocycles. The van der Waals surface area contributed by atoms with Crippen LogP contribution >= 0.6 is 11.8 Å². The van der Waals surface area contributed by atoms with E-state index in [1.54, 1.807) is 11.8 Å². The van der Waals surface area contributed by atoms with Gasteiger partial charge in [0.2, 0.25) is 5.91 Å². The van der Waals surface area contributed by atoms with Crippen LogP contribution in [0.5, 0.6) is 11.5 Å². The lowest BCUT2D eigenvalue weighted by Crippen LogP contribution is -2.40. The summed E-state index contributed by atoms with van der Waals surface area (Å²) < 4.78 is 12.2. The lowest BCUT2D eigenvalue weighted by molar-refractivity contribution is -0.113. The largest absolute Gasteiger partial charge is 0.448 e. The first-order valence-corrected chi connectivity index (χ1v) is 9.30. The van der Waals surface area contributed by atoms with Crippen molar-refractivity contribution in [1.29, 1.82) is 0 Å². The molecule has 1 aliphatic carbocycles. The summed E-state index contributed by atoms with van der Waals surface area (Å²) in [7, 11) is 0. The Morgan fingerprint density at radius 3 is 2.57 bits per heavy atom. The number of amides is 1. The summed E-state index contributed by atoms with van der Waals surface area (Å²) in [6.07, 6.45) is 5.40. The lowest BCUT2D eigenvalue weighted by Gasteiger charge is -2.31. The van der Waals surface area contributed by atoms with E-state index in [0.717, 1.165) is 42.9 Å². The molecule has 1 N–H and O–H groups in total. The van der Waals surface area contributed by atoms with E-state index in [4.69, 9.17) is 9.47 Å². The van der Waals surface area contributed by atoms with Gasteiger partial charge in [0.15, 0.2) is 11.5 Å². The van der Waals surface area contributed by atoms with Gasteiger partial charge >= 0.3 is 0 Å². The van der Waals surface area contributed by atoms with Gasteiger partial charge in [-0.3, -0.25) is 4.79 Å². The number of carbonyl (C=O) groups excluding carboxylic acids is 1. The van der Waals surface area contributed by atoms with Gasteiger partial charge in [0.25, 0.3) is 5.79 Å². The van der Waals surface area contributed by atoms with Crippen LogP contribution in [0.1, 0.15) is 52.9 Å². The minimum Gasteiger partial charge on any atom is -0.448 e. The molecule has 0 atom stereocenters. The average Bonchev–Trinajstić information content (AvgIpc) is 2.82. The first-order chi connectivity index (χ1) is 10.9. The van der Waals surface area contributed by atoms with Gasteiger partial charge in [-0.25, -0.2) is 0 Å². The number of thioether (sulfide) groups is 1. The second-order valence-electron chi connectivity index (χ2n) is 7.29. The molecule has 1 amide bonds. The van der Waals surface area contributed by atoms with Crippen molar-refractivity contribution in [2.45, 2.75) is 63.4 Å². The van der Waals surface area contributed by atoms with Crippen molar-refractivity contribution < 1.29 is 14.3 Å².